The second-order valence-corrected chi connectivity index (χ2v) is 5.10. The predicted molar refractivity (Wildman–Crippen MR) is 66.8 cm³/mol. The highest BCUT2D eigenvalue weighted by Gasteiger charge is 2.05. The summed E-state index contributed by atoms with van der Waals surface area (Å²) in [5.74, 6) is 0.734. The summed E-state index contributed by atoms with van der Waals surface area (Å²) >= 11 is 11.4. The Morgan fingerprint density at radius 2 is 2.21 bits per heavy atom. The first-order chi connectivity index (χ1) is 6.66. The highest BCUT2D eigenvalue weighted by atomic mass is 127. The highest BCUT2D eigenvalue weighted by molar-refractivity contribution is 14.1. The van der Waals surface area contributed by atoms with E-state index in [0.29, 0.717) is 5.02 Å². The largest absolute Gasteiger partial charge is 0.235 e. The van der Waals surface area contributed by atoms with E-state index in [2.05, 4.69) is 48.6 Å². The SMILES string of the molecule is Clc1cnc(-n2cc(I)cn2)c(Br)c1. The Morgan fingerprint density at radius 3 is 2.79 bits per heavy atom. The average Bonchev–Trinajstić information content (AvgIpc) is 2.51. The number of halogens is 3. The first-order valence-corrected chi connectivity index (χ1v) is 5.93. The van der Waals surface area contributed by atoms with E-state index in [-0.39, 0.29) is 0 Å². The van der Waals surface area contributed by atoms with Crippen LogP contribution in [0.15, 0.2) is 29.1 Å². The number of aromatic nitrogens is 3. The van der Waals surface area contributed by atoms with Gasteiger partial charge in [-0.1, -0.05) is 11.6 Å². The third-order valence-electron chi connectivity index (χ3n) is 1.56. The van der Waals surface area contributed by atoms with E-state index in [0.717, 1.165) is 13.9 Å². The molecule has 0 aromatic carbocycles. The molecule has 0 bridgehead atoms. The van der Waals surface area contributed by atoms with Crippen molar-refractivity contribution in [2.75, 3.05) is 0 Å². The van der Waals surface area contributed by atoms with Crippen molar-refractivity contribution in [2.24, 2.45) is 0 Å². The lowest BCUT2D eigenvalue weighted by molar-refractivity contribution is 0.841. The van der Waals surface area contributed by atoms with E-state index in [1.807, 2.05) is 6.20 Å². The van der Waals surface area contributed by atoms with Crippen molar-refractivity contribution in [3.8, 4) is 5.82 Å². The molecule has 72 valence electrons. The number of rotatable bonds is 1. The van der Waals surface area contributed by atoms with Crippen LogP contribution in [0.4, 0.5) is 0 Å². The van der Waals surface area contributed by atoms with Crippen molar-refractivity contribution in [1.82, 2.24) is 14.8 Å². The first kappa shape index (κ1) is 10.4. The van der Waals surface area contributed by atoms with Crippen molar-refractivity contribution in [3.05, 3.63) is 37.7 Å². The van der Waals surface area contributed by atoms with Crippen LogP contribution < -0.4 is 0 Å². The molecular formula is C8H4BrClIN3. The molecule has 2 aromatic rings. The van der Waals surface area contributed by atoms with Crippen LogP contribution in [-0.4, -0.2) is 14.8 Å². The molecule has 14 heavy (non-hydrogen) atoms. The van der Waals surface area contributed by atoms with E-state index >= 15 is 0 Å². The van der Waals surface area contributed by atoms with Gasteiger partial charge < -0.3 is 0 Å². The van der Waals surface area contributed by atoms with Gasteiger partial charge in [-0.25, -0.2) is 9.67 Å². The molecule has 0 unspecified atom stereocenters. The number of pyridine rings is 1. The lowest BCUT2D eigenvalue weighted by atomic mass is 10.4. The maximum absolute atomic E-state index is 5.79. The monoisotopic (exact) mass is 383 g/mol. The minimum Gasteiger partial charge on any atom is -0.235 e. The van der Waals surface area contributed by atoms with Gasteiger partial charge in [0.25, 0.3) is 0 Å². The van der Waals surface area contributed by atoms with E-state index < -0.39 is 0 Å². The molecule has 0 aliphatic heterocycles. The highest BCUT2D eigenvalue weighted by Crippen LogP contribution is 2.22. The quantitative estimate of drug-likeness (QED) is 0.707. The number of hydrogen-bond donors (Lipinski definition) is 0. The maximum atomic E-state index is 5.79. The smallest absolute Gasteiger partial charge is 0.167 e. The summed E-state index contributed by atoms with van der Waals surface area (Å²) in [5.41, 5.74) is 0. The normalized spacial score (nSPS) is 10.5. The van der Waals surface area contributed by atoms with Gasteiger partial charge in [0.1, 0.15) is 0 Å². The summed E-state index contributed by atoms with van der Waals surface area (Å²) in [6.45, 7) is 0. The summed E-state index contributed by atoms with van der Waals surface area (Å²) in [7, 11) is 0. The van der Waals surface area contributed by atoms with Gasteiger partial charge in [0.2, 0.25) is 0 Å². The summed E-state index contributed by atoms with van der Waals surface area (Å²) < 4.78 is 3.58. The van der Waals surface area contributed by atoms with Gasteiger partial charge in [0.05, 0.1) is 19.3 Å². The summed E-state index contributed by atoms with van der Waals surface area (Å²) in [6.07, 6.45) is 5.25. The molecule has 0 aliphatic carbocycles. The molecule has 2 aromatic heterocycles. The lowest BCUT2D eigenvalue weighted by Crippen LogP contribution is -1.98. The van der Waals surface area contributed by atoms with Crippen LogP contribution >= 0.6 is 50.1 Å². The van der Waals surface area contributed by atoms with E-state index in [1.54, 1.807) is 23.1 Å². The Bertz CT molecular complexity index is 471. The van der Waals surface area contributed by atoms with Gasteiger partial charge >= 0.3 is 0 Å². The van der Waals surface area contributed by atoms with Crippen molar-refractivity contribution >= 4 is 50.1 Å². The minimum atomic E-state index is 0.600. The second kappa shape index (κ2) is 4.16. The molecule has 3 nitrogen and oxygen atoms in total. The summed E-state index contributed by atoms with van der Waals surface area (Å²) in [4.78, 5) is 4.18. The van der Waals surface area contributed by atoms with E-state index in [1.165, 1.54) is 0 Å². The molecule has 0 radical (unpaired) electrons. The van der Waals surface area contributed by atoms with Crippen LogP contribution in [0, 0.1) is 3.57 Å². The van der Waals surface area contributed by atoms with Crippen LogP contribution in [0.3, 0.4) is 0 Å². The molecule has 2 heterocycles. The van der Waals surface area contributed by atoms with Gasteiger partial charge in [0, 0.05) is 12.4 Å². The molecule has 6 heteroatoms. The fourth-order valence-corrected chi connectivity index (χ4v) is 2.20. The maximum Gasteiger partial charge on any atom is 0.167 e. The molecular weight excluding hydrogens is 380 g/mol. The fourth-order valence-electron chi connectivity index (χ4n) is 0.993. The van der Waals surface area contributed by atoms with E-state index in [4.69, 9.17) is 11.6 Å². The molecule has 0 spiro atoms. The Labute approximate surface area is 108 Å². The molecule has 2 rings (SSSR count). The zero-order valence-corrected chi connectivity index (χ0v) is 11.3. The van der Waals surface area contributed by atoms with Crippen molar-refractivity contribution in [1.29, 1.82) is 0 Å². The first-order valence-electron chi connectivity index (χ1n) is 3.68. The van der Waals surface area contributed by atoms with Gasteiger partial charge in [-0.15, -0.1) is 0 Å². The molecule has 0 saturated heterocycles. The zero-order valence-electron chi connectivity index (χ0n) is 6.78. The van der Waals surface area contributed by atoms with E-state index in [9.17, 15) is 0 Å². The van der Waals surface area contributed by atoms with Crippen LogP contribution in [0.1, 0.15) is 0 Å². The third kappa shape index (κ3) is 2.09. The van der Waals surface area contributed by atoms with Gasteiger partial charge in [-0.05, 0) is 44.6 Å². The van der Waals surface area contributed by atoms with Gasteiger partial charge in [0.15, 0.2) is 5.82 Å². The molecule has 0 saturated carbocycles. The fraction of sp³-hybridized carbons (Fsp3) is 0. The summed E-state index contributed by atoms with van der Waals surface area (Å²) in [6, 6.07) is 1.79. The Balaban J connectivity index is 2.52. The van der Waals surface area contributed by atoms with Crippen LogP contribution in [0.25, 0.3) is 5.82 Å². The molecule has 0 fully saturated rings. The van der Waals surface area contributed by atoms with Gasteiger partial charge in [-0.3, -0.25) is 0 Å². The second-order valence-electron chi connectivity index (χ2n) is 2.56. The zero-order chi connectivity index (χ0) is 10.1. The Hall–Kier alpha value is -0.140. The molecule has 0 amide bonds. The van der Waals surface area contributed by atoms with Crippen molar-refractivity contribution in [3.63, 3.8) is 0 Å². The van der Waals surface area contributed by atoms with Crippen LogP contribution in [0.2, 0.25) is 5.02 Å². The number of nitrogens with zero attached hydrogens (tertiary/aromatic N) is 3. The number of hydrogen-bond acceptors (Lipinski definition) is 2. The third-order valence-corrected chi connectivity index (χ3v) is 2.90. The van der Waals surface area contributed by atoms with Crippen LogP contribution in [0.5, 0.6) is 0 Å². The minimum absolute atomic E-state index is 0.600. The summed E-state index contributed by atoms with van der Waals surface area (Å²) in [5, 5.41) is 4.75. The molecule has 0 atom stereocenters. The van der Waals surface area contributed by atoms with Crippen molar-refractivity contribution < 1.29 is 0 Å². The topological polar surface area (TPSA) is 30.7 Å². The standard InChI is InChI=1S/C8H4BrClIN3/c9-7-1-5(10)2-12-8(7)14-4-6(11)3-13-14/h1-4H. The van der Waals surface area contributed by atoms with Crippen LogP contribution in [-0.2, 0) is 0 Å². The lowest BCUT2D eigenvalue weighted by Gasteiger charge is -2.02. The Morgan fingerprint density at radius 1 is 1.43 bits per heavy atom. The van der Waals surface area contributed by atoms with Gasteiger partial charge in [-0.2, -0.15) is 5.10 Å². The Kier molecular flexibility index (Phi) is 3.08. The molecule has 0 aliphatic rings. The van der Waals surface area contributed by atoms with Crippen molar-refractivity contribution in [2.45, 2.75) is 0 Å². The average molecular weight is 384 g/mol. The molecule has 0 N–H and O–H groups in total. The predicted octanol–water partition coefficient (Wildman–Crippen LogP) is 3.29.